The van der Waals surface area contributed by atoms with Crippen molar-refractivity contribution in [3.05, 3.63) is 10.3 Å². The molecule has 0 aliphatic rings. The van der Waals surface area contributed by atoms with Crippen molar-refractivity contribution in [2.75, 3.05) is 5.33 Å². The van der Waals surface area contributed by atoms with Crippen molar-refractivity contribution in [1.82, 2.24) is 0 Å². The lowest BCUT2D eigenvalue weighted by atomic mass is 10.7. The first kappa shape index (κ1) is 7.73. The maximum Gasteiger partial charge on any atom is 0.140 e. The molecule has 0 radical (unpaired) electrons. The lowest BCUT2D eigenvalue weighted by molar-refractivity contribution is 0.646. The Kier molecular flexibility index (Phi) is 4.08. The fourth-order valence-electron chi connectivity index (χ4n) is 0.0505. The summed E-state index contributed by atoms with van der Waals surface area (Å²) in [6.07, 6.45) is 0. The number of alkyl halides is 1. The van der Waals surface area contributed by atoms with Crippen molar-refractivity contribution in [2.45, 2.75) is 0 Å². The fourth-order valence-corrected chi connectivity index (χ4v) is 0.787. The summed E-state index contributed by atoms with van der Waals surface area (Å²) < 4.78 is 11.5. The molecule has 0 amide bonds. The summed E-state index contributed by atoms with van der Waals surface area (Å²) in [7, 11) is 0. The third kappa shape index (κ3) is 3.32. The van der Waals surface area contributed by atoms with E-state index in [0.29, 0.717) is 0 Å². The zero-order valence-corrected chi connectivity index (χ0v) is 6.32. The summed E-state index contributed by atoms with van der Waals surface area (Å²) in [6.45, 7) is 0. The molecule has 0 fully saturated rings. The van der Waals surface area contributed by atoms with Gasteiger partial charge in [0.2, 0.25) is 0 Å². The van der Waals surface area contributed by atoms with Gasteiger partial charge in [-0.1, -0.05) is 39.1 Å². The molecule has 4 heteroatoms. The minimum Gasteiger partial charge on any atom is -0.208 e. The van der Waals surface area contributed by atoms with Crippen molar-refractivity contribution in [3.8, 4) is 0 Å². The van der Waals surface area contributed by atoms with E-state index >= 15 is 0 Å². The van der Waals surface area contributed by atoms with Crippen LogP contribution in [0.2, 0.25) is 0 Å². The van der Waals surface area contributed by atoms with Crippen LogP contribution in [0.15, 0.2) is 10.3 Å². The highest BCUT2D eigenvalue weighted by Crippen LogP contribution is 2.16. The largest absolute Gasteiger partial charge is 0.208 e. The molecule has 0 aliphatic heterocycles. The maximum absolute atomic E-state index is 11.8. The molecule has 7 heavy (non-hydrogen) atoms. The Balaban J connectivity index is 3.72. The molecule has 0 aliphatic carbocycles. The van der Waals surface area contributed by atoms with Gasteiger partial charge in [0.1, 0.15) is 10.3 Å². The second-order valence-corrected chi connectivity index (χ2v) is 2.31. The summed E-state index contributed by atoms with van der Waals surface area (Å²) in [5.74, 6) is -0.539. The summed E-state index contributed by atoms with van der Waals surface area (Å²) in [4.78, 5) is 0. The second kappa shape index (κ2) is 3.70. The van der Waals surface area contributed by atoms with Crippen molar-refractivity contribution in [2.24, 2.45) is 0 Å². The molecule has 0 aromatic heterocycles. The van der Waals surface area contributed by atoms with E-state index < -0.39 is 5.83 Å². The van der Waals surface area contributed by atoms with E-state index in [1.54, 1.807) is 0 Å². The average Bonchev–Trinajstić information content (AvgIpc) is 1.65. The molecule has 42 valence electrons. The van der Waals surface area contributed by atoms with Crippen LogP contribution in [-0.2, 0) is 0 Å². The first-order chi connectivity index (χ1) is 3.18. The van der Waals surface area contributed by atoms with Gasteiger partial charge in [0.15, 0.2) is 0 Å². The third-order valence-electron chi connectivity index (χ3n) is 0.322. The summed E-state index contributed by atoms with van der Waals surface area (Å²) >= 11 is 12.8. The monoisotopic (exact) mass is 206 g/mol. The van der Waals surface area contributed by atoms with Crippen molar-refractivity contribution in [1.29, 1.82) is 0 Å². The van der Waals surface area contributed by atoms with Gasteiger partial charge in [-0.05, 0) is 0 Å². The summed E-state index contributed by atoms with van der Waals surface area (Å²) in [6, 6.07) is 0. The van der Waals surface area contributed by atoms with Crippen molar-refractivity contribution < 1.29 is 4.39 Å². The summed E-state index contributed by atoms with van der Waals surface area (Å²) in [5.41, 5.74) is 0. The van der Waals surface area contributed by atoms with Gasteiger partial charge in [-0.15, -0.1) is 0 Å². The lowest BCUT2D eigenvalue weighted by Crippen LogP contribution is -1.70. The summed E-state index contributed by atoms with van der Waals surface area (Å²) in [5, 5.41) is 0.0787. The molecule has 0 saturated heterocycles. The first-order valence-corrected chi connectivity index (χ1v) is 3.32. The molecule has 0 N–H and O–H groups in total. The number of hydrogen-bond acceptors (Lipinski definition) is 0. The van der Waals surface area contributed by atoms with Crippen LogP contribution in [0.3, 0.4) is 0 Å². The molecule has 0 rings (SSSR count). The smallest absolute Gasteiger partial charge is 0.140 e. The van der Waals surface area contributed by atoms with E-state index in [2.05, 4.69) is 15.9 Å². The minimum atomic E-state index is -0.539. The van der Waals surface area contributed by atoms with Crippen LogP contribution in [0.25, 0.3) is 0 Å². The van der Waals surface area contributed by atoms with E-state index in [0.717, 1.165) is 0 Å². The van der Waals surface area contributed by atoms with Crippen LogP contribution >= 0.6 is 39.1 Å². The van der Waals surface area contributed by atoms with E-state index in [4.69, 9.17) is 23.2 Å². The standard InChI is InChI=1S/C3H2BrCl2F/c4-1-2(7)3(5)6/h1H2. The molecule has 0 atom stereocenters. The van der Waals surface area contributed by atoms with Crippen LogP contribution in [0, 0.1) is 0 Å². The fraction of sp³-hybridized carbons (Fsp3) is 0.333. The van der Waals surface area contributed by atoms with Gasteiger partial charge >= 0.3 is 0 Å². The SMILES string of the molecule is FC(CBr)=C(Cl)Cl. The Morgan fingerprint density at radius 2 is 2.00 bits per heavy atom. The van der Waals surface area contributed by atoms with Gasteiger partial charge in [-0.25, -0.2) is 4.39 Å². The lowest BCUT2D eigenvalue weighted by Gasteiger charge is -1.83. The van der Waals surface area contributed by atoms with Crippen molar-refractivity contribution >= 4 is 39.1 Å². The topological polar surface area (TPSA) is 0 Å². The molecule has 0 aromatic carbocycles. The molecule has 0 saturated carbocycles. The molecular weight excluding hydrogens is 206 g/mol. The zero-order valence-electron chi connectivity index (χ0n) is 3.22. The molecule has 0 spiro atoms. The predicted molar refractivity (Wildman–Crippen MR) is 33.6 cm³/mol. The Morgan fingerprint density at radius 3 is 2.00 bits per heavy atom. The molecule has 0 bridgehead atoms. The molecule has 0 heterocycles. The average molecular weight is 208 g/mol. The van der Waals surface area contributed by atoms with E-state index in [1.807, 2.05) is 0 Å². The highest BCUT2D eigenvalue weighted by atomic mass is 79.9. The quantitative estimate of drug-likeness (QED) is 0.581. The van der Waals surface area contributed by atoms with Crippen molar-refractivity contribution in [3.63, 3.8) is 0 Å². The second-order valence-electron chi connectivity index (χ2n) is 0.799. The van der Waals surface area contributed by atoms with Crippen LogP contribution in [0.1, 0.15) is 0 Å². The van der Waals surface area contributed by atoms with E-state index in [9.17, 15) is 4.39 Å². The third-order valence-corrected chi connectivity index (χ3v) is 1.22. The van der Waals surface area contributed by atoms with Gasteiger partial charge in [0.25, 0.3) is 0 Å². The number of rotatable bonds is 1. The maximum atomic E-state index is 11.8. The van der Waals surface area contributed by atoms with Crippen LogP contribution in [0.5, 0.6) is 0 Å². The Morgan fingerprint density at radius 1 is 1.57 bits per heavy atom. The highest BCUT2D eigenvalue weighted by molar-refractivity contribution is 9.09. The Labute approximate surface area is 59.4 Å². The van der Waals surface area contributed by atoms with E-state index in [1.165, 1.54) is 0 Å². The molecular formula is C3H2BrCl2F. The normalized spacial score (nSPS) is 8.57. The minimum absolute atomic E-state index is 0.0787. The van der Waals surface area contributed by atoms with Gasteiger partial charge < -0.3 is 0 Å². The van der Waals surface area contributed by atoms with Crippen LogP contribution < -0.4 is 0 Å². The van der Waals surface area contributed by atoms with Gasteiger partial charge in [-0.3, -0.25) is 0 Å². The molecule has 0 nitrogen and oxygen atoms in total. The highest BCUT2D eigenvalue weighted by Gasteiger charge is 1.95. The van der Waals surface area contributed by atoms with Gasteiger partial charge in [0.05, 0.1) is 5.33 Å². The number of halogens is 4. The van der Waals surface area contributed by atoms with Crippen LogP contribution in [-0.4, -0.2) is 5.33 Å². The predicted octanol–water partition coefficient (Wildman–Crippen LogP) is 3.00. The molecule has 0 unspecified atom stereocenters. The first-order valence-electron chi connectivity index (χ1n) is 1.44. The van der Waals surface area contributed by atoms with E-state index in [-0.39, 0.29) is 9.82 Å². The van der Waals surface area contributed by atoms with Crippen LogP contribution in [0.4, 0.5) is 4.39 Å². The van der Waals surface area contributed by atoms with Gasteiger partial charge in [-0.2, -0.15) is 0 Å². The number of allylic oxidation sites excluding steroid dienone is 1. The zero-order chi connectivity index (χ0) is 5.86. The van der Waals surface area contributed by atoms with Gasteiger partial charge in [0, 0.05) is 0 Å². The number of hydrogen-bond donors (Lipinski definition) is 0. The Bertz CT molecular complexity index is 86.9. The molecule has 0 aromatic rings. The Hall–Kier alpha value is 0.730.